The summed E-state index contributed by atoms with van der Waals surface area (Å²) in [5.41, 5.74) is 5.59. The number of carbonyl (C=O) groups excluding carboxylic acids is 1. The van der Waals surface area contributed by atoms with Gasteiger partial charge in [-0.25, -0.2) is 4.98 Å². The molecule has 114 valence electrons. The summed E-state index contributed by atoms with van der Waals surface area (Å²) >= 11 is 0. The summed E-state index contributed by atoms with van der Waals surface area (Å²) in [6.07, 6.45) is 1.61. The number of nitrogens with two attached hydrogens (primary N) is 1. The van der Waals surface area contributed by atoms with Crippen molar-refractivity contribution in [2.75, 3.05) is 51.7 Å². The van der Waals surface area contributed by atoms with Crippen molar-refractivity contribution in [3.05, 3.63) is 18.3 Å². The van der Waals surface area contributed by atoms with E-state index in [1.165, 1.54) is 0 Å². The Balaban J connectivity index is 1.42. The molecule has 2 aliphatic heterocycles. The van der Waals surface area contributed by atoms with E-state index in [2.05, 4.69) is 9.88 Å². The number of hydrogen-bond donors (Lipinski definition) is 1. The fraction of sp³-hybridized carbons (Fsp3) is 0.571. The number of nitrogen functional groups attached to an aromatic ring is 1. The highest BCUT2D eigenvalue weighted by Crippen LogP contribution is 2.15. The third-order valence-corrected chi connectivity index (χ3v) is 3.87. The van der Waals surface area contributed by atoms with Gasteiger partial charge in [-0.2, -0.15) is 0 Å². The molecule has 2 saturated heterocycles. The van der Waals surface area contributed by atoms with Gasteiger partial charge in [0.2, 0.25) is 5.91 Å². The van der Waals surface area contributed by atoms with Crippen LogP contribution in [0, 0.1) is 0 Å². The fourth-order valence-electron chi connectivity index (χ4n) is 2.50. The van der Waals surface area contributed by atoms with Gasteiger partial charge < -0.3 is 20.1 Å². The molecule has 0 atom stereocenters. The van der Waals surface area contributed by atoms with Crippen LogP contribution in [0.3, 0.4) is 0 Å². The van der Waals surface area contributed by atoms with E-state index in [9.17, 15) is 4.79 Å². The largest absolute Gasteiger partial charge is 0.492 e. The second kappa shape index (κ2) is 6.28. The molecule has 0 aromatic carbocycles. The molecule has 0 saturated carbocycles. The molecule has 0 bridgehead atoms. The van der Waals surface area contributed by atoms with Gasteiger partial charge in [-0.1, -0.05) is 0 Å². The van der Waals surface area contributed by atoms with Crippen LogP contribution in [-0.4, -0.2) is 72.7 Å². The maximum absolute atomic E-state index is 12.1. The SMILES string of the molecule is Nc1cc(OCCN2CCN(C3COC3)CC2=O)ccn1. The number of carbonyl (C=O) groups is 1. The Morgan fingerprint density at radius 1 is 1.43 bits per heavy atom. The number of rotatable bonds is 5. The zero-order valence-electron chi connectivity index (χ0n) is 11.9. The van der Waals surface area contributed by atoms with E-state index in [0.29, 0.717) is 37.3 Å². The Hall–Kier alpha value is -1.86. The van der Waals surface area contributed by atoms with Crippen molar-refractivity contribution >= 4 is 11.7 Å². The first-order valence-electron chi connectivity index (χ1n) is 7.16. The van der Waals surface area contributed by atoms with Crippen molar-refractivity contribution in [2.45, 2.75) is 6.04 Å². The van der Waals surface area contributed by atoms with Gasteiger partial charge in [0.15, 0.2) is 0 Å². The summed E-state index contributed by atoms with van der Waals surface area (Å²) in [4.78, 5) is 20.1. The molecule has 1 aromatic heterocycles. The molecule has 3 rings (SSSR count). The third-order valence-electron chi connectivity index (χ3n) is 3.87. The maximum Gasteiger partial charge on any atom is 0.236 e. The second-order valence-corrected chi connectivity index (χ2v) is 5.31. The number of nitrogens with zero attached hydrogens (tertiary/aromatic N) is 3. The number of ether oxygens (including phenoxy) is 2. The minimum absolute atomic E-state index is 0.158. The van der Waals surface area contributed by atoms with Crippen LogP contribution in [0.25, 0.3) is 0 Å². The molecular formula is C14H20N4O3. The third kappa shape index (κ3) is 3.43. The predicted molar refractivity (Wildman–Crippen MR) is 76.9 cm³/mol. The molecule has 1 amide bonds. The molecule has 0 aliphatic carbocycles. The maximum atomic E-state index is 12.1. The number of aromatic nitrogens is 1. The Labute approximate surface area is 123 Å². The smallest absolute Gasteiger partial charge is 0.236 e. The summed E-state index contributed by atoms with van der Waals surface area (Å²) < 4.78 is 10.8. The molecule has 0 radical (unpaired) electrons. The molecule has 3 heterocycles. The van der Waals surface area contributed by atoms with Crippen molar-refractivity contribution < 1.29 is 14.3 Å². The second-order valence-electron chi connectivity index (χ2n) is 5.31. The summed E-state index contributed by atoms with van der Waals surface area (Å²) in [6.45, 7) is 4.69. The summed E-state index contributed by atoms with van der Waals surface area (Å²) in [5.74, 6) is 1.27. The molecule has 2 N–H and O–H groups in total. The monoisotopic (exact) mass is 292 g/mol. The van der Waals surface area contributed by atoms with Crippen molar-refractivity contribution in [1.82, 2.24) is 14.8 Å². The van der Waals surface area contributed by atoms with E-state index in [4.69, 9.17) is 15.2 Å². The standard InChI is InChI=1S/C14H20N4O3/c15-13-7-12(1-2-16-13)21-6-5-17-3-4-18(8-14(17)19)11-9-20-10-11/h1-2,7,11H,3-6,8-10H2,(H2,15,16). The molecular weight excluding hydrogens is 272 g/mol. The van der Waals surface area contributed by atoms with E-state index >= 15 is 0 Å². The van der Waals surface area contributed by atoms with E-state index in [1.54, 1.807) is 18.3 Å². The van der Waals surface area contributed by atoms with Crippen LogP contribution in [0.15, 0.2) is 18.3 Å². The van der Waals surface area contributed by atoms with Crippen LogP contribution in [0.2, 0.25) is 0 Å². The van der Waals surface area contributed by atoms with Gasteiger partial charge in [-0.3, -0.25) is 9.69 Å². The number of pyridine rings is 1. The van der Waals surface area contributed by atoms with Crippen molar-refractivity contribution in [1.29, 1.82) is 0 Å². The van der Waals surface area contributed by atoms with Gasteiger partial charge in [-0.05, 0) is 6.07 Å². The van der Waals surface area contributed by atoms with Crippen LogP contribution in [0.5, 0.6) is 5.75 Å². The van der Waals surface area contributed by atoms with Crippen LogP contribution < -0.4 is 10.5 Å². The van der Waals surface area contributed by atoms with E-state index in [1.807, 2.05) is 4.90 Å². The summed E-state index contributed by atoms with van der Waals surface area (Å²) in [6, 6.07) is 3.86. The van der Waals surface area contributed by atoms with E-state index in [0.717, 1.165) is 26.3 Å². The van der Waals surface area contributed by atoms with Gasteiger partial charge in [-0.15, -0.1) is 0 Å². The number of hydrogen-bond acceptors (Lipinski definition) is 6. The Morgan fingerprint density at radius 2 is 2.29 bits per heavy atom. The lowest BCUT2D eigenvalue weighted by Crippen LogP contribution is -2.59. The molecule has 2 aliphatic rings. The first kappa shape index (κ1) is 14.1. The van der Waals surface area contributed by atoms with E-state index in [-0.39, 0.29) is 5.91 Å². The van der Waals surface area contributed by atoms with Gasteiger partial charge in [0.05, 0.1) is 32.3 Å². The number of anilines is 1. The van der Waals surface area contributed by atoms with Crippen molar-refractivity contribution in [2.24, 2.45) is 0 Å². The highest BCUT2D eigenvalue weighted by molar-refractivity contribution is 5.79. The van der Waals surface area contributed by atoms with Crippen LogP contribution in [-0.2, 0) is 9.53 Å². The Morgan fingerprint density at radius 3 is 2.95 bits per heavy atom. The van der Waals surface area contributed by atoms with Crippen molar-refractivity contribution in [3.63, 3.8) is 0 Å². The molecule has 1 aromatic rings. The highest BCUT2D eigenvalue weighted by atomic mass is 16.5. The van der Waals surface area contributed by atoms with Crippen LogP contribution in [0.4, 0.5) is 5.82 Å². The first-order valence-corrected chi connectivity index (χ1v) is 7.16. The minimum Gasteiger partial charge on any atom is -0.492 e. The van der Waals surface area contributed by atoms with Gasteiger partial charge in [0.1, 0.15) is 18.2 Å². The van der Waals surface area contributed by atoms with Crippen molar-refractivity contribution in [3.8, 4) is 5.75 Å². The van der Waals surface area contributed by atoms with Gasteiger partial charge in [0.25, 0.3) is 0 Å². The Kier molecular flexibility index (Phi) is 4.21. The number of piperazine rings is 1. The summed E-state index contributed by atoms with van der Waals surface area (Å²) in [5, 5.41) is 0. The van der Waals surface area contributed by atoms with Gasteiger partial charge in [0, 0.05) is 25.4 Å². The average molecular weight is 292 g/mol. The lowest BCUT2D eigenvalue weighted by Gasteiger charge is -2.42. The predicted octanol–water partition coefficient (Wildman–Crippen LogP) is -0.414. The molecule has 2 fully saturated rings. The zero-order valence-corrected chi connectivity index (χ0v) is 11.9. The first-order chi connectivity index (χ1) is 10.2. The zero-order chi connectivity index (χ0) is 14.7. The summed E-state index contributed by atoms with van der Waals surface area (Å²) in [7, 11) is 0. The molecule has 0 spiro atoms. The number of amides is 1. The molecule has 21 heavy (non-hydrogen) atoms. The van der Waals surface area contributed by atoms with Crippen LogP contribution >= 0.6 is 0 Å². The topological polar surface area (TPSA) is 80.9 Å². The quantitative estimate of drug-likeness (QED) is 0.794. The van der Waals surface area contributed by atoms with Crippen LogP contribution in [0.1, 0.15) is 0 Å². The minimum atomic E-state index is 0.158. The molecule has 7 nitrogen and oxygen atoms in total. The highest BCUT2D eigenvalue weighted by Gasteiger charge is 2.32. The molecule has 7 heteroatoms. The molecule has 0 unspecified atom stereocenters. The lowest BCUT2D eigenvalue weighted by atomic mass is 10.2. The normalized spacial score (nSPS) is 20.4. The van der Waals surface area contributed by atoms with Gasteiger partial charge >= 0.3 is 0 Å². The Bertz CT molecular complexity index is 507. The fourth-order valence-corrected chi connectivity index (χ4v) is 2.50. The lowest BCUT2D eigenvalue weighted by molar-refractivity contribution is -0.143. The average Bonchev–Trinajstić information content (AvgIpc) is 2.39. The van der Waals surface area contributed by atoms with E-state index < -0.39 is 0 Å².